The Balaban J connectivity index is 1.71. The van der Waals surface area contributed by atoms with E-state index in [1.54, 1.807) is 7.11 Å². The van der Waals surface area contributed by atoms with Crippen molar-refractivity contribution in [3.63, 3.8) is 0 Å². The Morgan fingerprint density at radius 1 is 1.35 bits per heavy atom. The van der Waals surface area contributed by atoms with E-state index in [4.69, 9.17) is 9.47 Å². The van der Waals surface area contributed by atoms with Gasteiger partial charge < -0.3 is 9.47 Å². The summed E-state index contributed by atoms with van der Waals surface area (Å²) in [5, 5.41) is 0. The predicted octanol–water partition coefficient (Wildman–Crippen LogP) is 2.90. The van der Waals surface area contributed by atoms with Gasteiger partial charge in [0, 0.05) is 25.0 Å². The summed E-state index contributed by atoms with van der Waals surface area (Å²) in [4.78, 5) is 11.2. The van der Waals surface area contributed by atoms with Crippen LogP contribution < -0.4 is 0 Å². The van der Waals surface area contributed by atoms with Crippen LogP contribution in [0.5, 0.6) is 0 Å². The van der Waals surface area contributed by atoms with Crippen LogP contribution in [0.15, 0.2) is 42.0 Å². The monoisotopic (exact) mass is 272 g/mol. The molecule has 1 saturated carbocycles. The number of benzene rings is 1. The lowest BCUT2D eigenvalue weighted by Crippen LogP contribution is -2.50. The quantitative estimate of drug-likeness (QED) is 0.773. The van der Waals surface area contributed by atoms with Crippen LogP contribution in [0.25, 0.3) is 0 Å². The van der Waals surface area contributed by atoms with E-state index in [2.05, 4.69) is 18.2 Å². The minimum atomic E-state index is -0.419. The van der Waals surface area contributed by atoms with Crippen molar-refractivity contribution in [3.8, 4) is 0 Å². The van der Waals surface area contributed by atoms with Crippen LogP contribution in [-0.4, -0.2) is 25.1 Å². The molecule has 0 amide bonds. The Kier molecular flexibility index (Phi) is 3.72. The Hall–Kier alpha value is -1.45. The zero-order chi connectivity index (χ0) is 14.0. The number of methoxy groups -OCH3 is 1. The lowest BCUT2D eigenvalue weighted by molar-refractivity contribution is -0.120. The maximum absolute atomic E-state index is 11.2. The van der Waals surface area contributed by atoms with E-state index in [0.29, 0.717) is 12.5 Å². The van der Waals surface area contributed by atoms with Gasteiger partial charge in [0.25, 0.3) is 0 Å². The molecule has 4 rings (SSSR count). The third kappa shape index (κ3) is 2.32. The molecule has 3 heteroatoms. The first-order valence-corrected chi connectivity index (χ1v) is 7.15. The fourth-order valence-corrected chi connectivity index (χ4v) is 3.41. The van der Waals surface area contributed by atoms with Crippen LogP contribution in [-0.2, 0) is 20.9 Å². The highest BCUT2D eigenvalue weighted by Gasteiger charge is 2.48. The fraction of sp³-hybridized carbons (Fsp3) is 0.471. The van der Waals surface area contributed by atoms with Crippen molar-refractivity contribution in [2.75, 3.05) is 7.11 Å². The van der Waals surface area contributed by atoms with Crippen molar-refractivity contribution in [2.24, 2.45) is 5.92 Å². The van der Waals surface area contributed by atoms with E-state index in [9.17, 15) is 4.79 Å². The molecule has 1 fully saturated rings. The van der Waals surface area contributed by atoms with Crippen LogP contribution in [0.2, 0.25) is 0 Å². The second-order valence-electron chi connectivity index (χ2n) is 5.68. The third-order valence-corrected chi connectivity index (χ3v) is 4.63. The number of fused-ring (bicyclic) bond motifs is 2. The summed E-state index contributed by atoms with van der Waals surface area (Å²) < 4.78 is 11.8. The Bertz CT molecular complexity index is 508. The largest absolute Gasteiger partial charge is 0.373 e. The molecule has 3 nitrogen and oxygen atoms in total. The molecule has 20 heavy (non-hydrogen) atoms. The van der Waals surface area contributed by atoms with Gasteiger partial charge in [0.2, 0.25) is 0 Å². The second-order valence-corrected chi connectivity index (χ2v) is 5.68. The molecule has 3 aliphatic carbocycles. The standard InChI is InChI=1S/C17H20O3/c1-19-17-8-7-14(9-15(17)11-18)16(10-17)20-12-13-5-3-2-4-6-13/h2-6,9,11,14,16H,7-8,10,12H2,1H3/t14-,16-,17+/m0/s1. The molecule has 1 aromatic carbocycles. The van der Waals surface area contributed by atoms with Gasteiger partial charge in [0.05, 0.1) is 18.3 Å². The number of carbonyl (C=O) groups excluding carboxylic acids is 1. The van der Waals surface area contributed by atoms with Crippen molar-refractivity contribution >= 4 is 6.29 Å². The first-order valence-electron chi connectivity index (χ1n) is 7.15. The van der Waals surface area contributed by atoms with Gasteiger partial charge in [-0.3, -0.25) is 4.79 Å². The summed E-state index contributed by atoms with van der Waals surface area (Å²) in [7, 11) is 1.69. The van der Waals surface area contributed by atoms with Gasteiger partial charge >= 0.3 is 0 Å². The van der Waals surface area contributed by atoms with Gasteiger partial charge in [0.1, 0.15) is 6.29 Å². The van der Waals surface area contributed by atoms with Gasteiger partial charge in [-0.1, -0.05) is 36.4 Å². The highest BCUT2D eigenvalue weighted by atomic mass is 16.5. The van der Waals surface area contributed by atoms with Gasteiger partial charge in [-0.15, -0.1) is 0 Å². The predicted molar refractivity (Wildman–Crippen MR) is 76.2 cm³/mol. The van der Waals surface area contributed by atoms with Crippen LogP contribution in [0.1, 0.15) is 24.8 Å². The summed E-state index contributed by atoms with van der Waals surface area (Å²) in [6.07, 6.45) is 5.88. The summed E-state index contributed by atoms with van der Waals surface area (Å²) in [5.74, 6) is 0.343. The van der Waals surface area contributed by atoms with E-state index in [0.717, 1.165) is 31.1 Å². The van der Waals surface area contributed by atoms with Crippen LogP contribution in [0, 0.1) is 5.92 Å². The van der Waals surface area contributed by atoms with Gasteiger partial charge in [-0.05, 0) is 18.4 Å². The molecule has 0 heterocycles. The molecule has 0 radical (unpaired) electrons. The SMILES string of the molecule is CO[C@@]12CC[C@@H](C=C1C=O)[C@@H](OCc1ccccc1)C2. The maximum atomic E-state index is 11.2. The number of hydrogen-bond acceptors (Lipinski definition) is 3. The van der Waals surface area contributed by atoms with Crippen LogP contribution in [0.3, 0.4) is 0 Å². The van der Waals surface area contributed by atoms with Crippen molar-refractivity contribution in [3.05, 3.63) is 47.5 Å². The van der Waals surface area contributed by atoms with E-state index >= 15 is 0 Å². The van der Waals surface area contributed by atoms with E-state index in [1.165, 1.54) is 5.56 Å². The summed E-state index contributed by atoms with van der Waals surface area (Å²) in [6.45, 7) is 0.617. The zero-order valence-electron chi connectivity index (χ0n) is 11.7. The van der Waals surface area contributed by atoms with E-state index in [1.807, 2.05) is 18.2 Å². The first kappa shape index (κ1) is 13.5. The highest BCUT2D eigenvalue weighted by molar-refractivity contribution is 5.77. The van der Waals surface area contributed by atoms with Crippen LogP contribution in [0.4, 0.5) is 0 Å². The molecule has 3 aliphatic rings. The van der Waals surface area contributed by atoms with Gasteiger partial charge in [0.15, 0.2) is 0 Å². The fourth-order valence-electron chi connectivity index (χ4n) is 3.41. The highest BCUT2D eigenvalue weighted by Crippen LogP contribution is 2.46. The number of ether oxygens (including phenoxy) is 2. The average Bonchev–Trinajstić information content (AvgIpc) is 2.54. The van der Waals surface area contributed by atoms with Crippen molar-refractivity contribution in [1.29, 1.82) is 0 Å². The van der Waals surface area contributed by atoms with Crippen molar-refractivity contribution in [1.82, 2.24) is 0 Å². The average molecular weight is 272 g/mol. The molecular weight excluding hydrogens is 252 g/mol. The lowest BCUT2D eigenvalue weighted by Gasteiger charge is -2.47. The van der Waals surface area contributed by atoms with Crippen molar-refractivity contribution < 1.29 is 14.3 Å². The third-order valence-electron chi connectivity index (χ3n) is 4.63. The minimum absolute atomic E-state index is 0.146. The molecule has 106 valence electrons. The molecular formula is C17H20O3. The molecule has 1 aromatic rings. The maximum Gasteiger partial charge on any atom is 0.148 e. The number of rotatable bonds is 5. The summed E-state index contributed by atoms with van der Waals surface area (Å²) in [5.41, 5.74) is 1.56. The molecule has 0 aromatic heterocycles. The van der Waals surface area contributed by atoms with E-state index in [-0.39, 0.29) is 6.10 Å². The van der Waals surface area contributed by atoms with Gasteiger partial charge in [-0.25, -0.2) is 0 Å². The summed E-state index contributed by atoms with van der Waals surface area (Å²) >= 11 is 0. The topological polar surface area (TPSA) is 35.5 Å². The minimum Gasteiger partial charge on any atom is -0.373 e. The normalized spacial score (nSPS) is 31.9. The molecule has 2 bridgehead atoms. The molecule has 0 unspecified atom stereocenters. The Morgan fingerprint density at radius 2 is 2.15 bits per heavy atom. The Labute approximate surface area is 119 Å². The van der Waals surface area contributed by atoms with Crippen LogP contribution >= 0.6 is 0 Å². The number of hydrogen-bond donors (Lipinski definition) is 0. The second kappa shape index (κ2) is 5.51. The van der Waals surface area contributed by atoms with Gasteiger partial charge in [-0.2, -0.15) is 0 Å². The number of carbonyl (C=O) groups is 1. The molecule has 0 aliphatic heterocycles. The smallest absolute Gasteiger partial charge is 0.148 e. The van der Waals surface area contributed by atoms with Crippen molar-refractivity contribution in [2.45, 2.75) is 37.6 Å². The lowest BCUT2D eigenvalue weighted by atomic mass is 9.67. The van der Waals surface area contributed by atoms with E-state index < -0.39 is 5.60 Å². The summed E-state index contributed by atoms with van der Waals surface area (Å²) in [6, 6.07) is 10.2. The molecule has 0 saturated heterocycles. The molecule has 0 N–H and O–H groups in total. The Morgan fingerprint density at radius 3 is 2.85 bits per heavy atom. The molecule has 3 atom stereocenters. The number of aldehydes is 1. The first-order chi connectivity index (χ1) is 9.77. The molecule has 0 spiro atoms. The zero-order valence-corrected chi connectivity index (χ0v) is 11.7.